The Kier molecular flexibility index (Phi) is 61.1. The Morgan fingerprint density at radius 2 is 1.27 bits per heavy atom. The molecule has 13 nitrogen and oxygen atoms in total. The third kappa shape index (κ3) is 69.7. The maximum Gasteiger partial charge on any atom is 0.330 e. The first-order valence-electron chi connectivity index (χ1n) is 19.2. The summed E-state index contributed by atoms with van der Waals surface area (Å²) < 4.78 is 10.5. The van der Waals surface area contributed by atoms with Crippen molar-refractivity contribution in [1.29, 1.82) is 0 Å². The SMILES string of the molecule is C=C(C)C(C)=O.C=CC.C=CC(=O)N(C)C.C=CC(=O)OCCC.C=CC(C)=O.C=CC(C)=O.C=CN1CCCC1=O.C=COC(C)=O.C=Cc1ccccc1.C=Cn1ccnc1. The van der Waals surface area contributed by atoms with Gasteiger partial charge >= 0.3 is 11.9 Å². The molecule has 13 heteroatoms. The maximum absolute atomic E-state index is 10.7. The number of carbonyl (C=O) groups excluding carboxylic acids is 7. The smallest absolute Gasteiger partial charge is 0.330 e. The molecular formula is C50H74N4O9. The van der Waals surface area contributed by atoms with E-state index < -0.39 is 0 Å². The molecule has 63 heavy (non-hydrogen) atoms. The second-order valence-corrected chi connectivity index (χ2v) is 11.6. The number of nitrogens with zero attached hydrogens (tertiary/aromatic N) is 4. The van der Waals surface area contributed by atoms with E-state index in [9.17, 15) is 33.6 Å². The average molecular weight is 875 g/mol. The quantitative estimate of drug-likeness (QED) is 0.0919. The number of Topliss-reactive ketones (excluding diaryl/α,β-unsaturated/α-hetero) is 1. The van der Waals surface area contributed by atoms with Crippen LogP contribution in [0.3, 0.4) is 0 Å². The van der Waals surface area contributed by atoms with Gasteiger partial charge in [-0.1, -0.05) is 109 Å². The maximum atomic E-state index is 10.7. The van der Waals surface area contributed by atoms with Gasteiger partial charge in [0.05, 0.1) is 19.2 Å². The number of ketones is 3. The van der Waals surface area contributed by atoms with E-state index >= 15 is 0 Å². The summed E-state index contributed by atoms with van der Waals surface area (Å²) >= 11 is 0. The number of allylic oxidation sites excluding steroid dienone is 4. The van der Waals surface area contributed by atoms with Crippen LogP contribution in [0.5, 0.6) is 0 Å². The number of esters is 2. The molecule has 0 unspecified atom stereocenters. The predicted molar refractivity (Wildman–Crippen MR) is 262 cm³/mol. The van der Waals surface area contributed by atoms with E-state index in [-0.39, 0.29) is 41.1 Å². The number of aromatic nitrogens is 2. The summed E-state index contributed by atoms with van der Waals surface area (Å²) in [5.41, 5.74) is 1.79. The second kappa shape index (κ2) is 54.7. The third-order valence-electron chi connectivity index (χ3n) is 5.76. The van der Waals surface area contributed by atoms with E-state index in [1.807, 2.05) is 56.5 Å². The summed E-state index contributed by atoms with van der Waals surface area (Å²) in [6.07, 6.45) is 20.7. The molecule has 0 bridgehead atoms. The molecule has 1 saturated heterocycles. The van der Waals surface area contributed by atoms with Crippen LogP contribution in [0, 0.1) is 0 Å². The molecule has 1 fully saturated rings. The minimum atomic E-state index is -0.341. The molecular weight excluding hydrogens is 801 g/mol. The number of rotatable bonds is 11. The zero-order chi connectivity index (χ0) is 50.6. The van der Waals surface area contributed by atoms with Crippen LogP contribution < -0.4 is 0 Å². The topological polar surface area (TPSA) is 162 Å². The largest absolute Gasteiger partial charge is 0.463 e. The monoisotopic (exact) mass is 875 g/mol. The van der Waals surface area contributed by atoms with E-state index in [0.29, 0.717) is 18.6 Å². The Balaban J connectivity index is -0.000000112. The molecule has 0 atom stereocenters. The molecule has 3 rings (SSSR count). The molecule has 0 N–H and O–H groups in total. The molecule has 1 aliphatic heterocycles. The number of carbonyl (C=O) groups is 7. The van der Waals surface area contributed by atoms with Gasteiger partial charge in [-0.25, -0.2) is 9.78 Å². The van der Waals surface area contributed by atoms with Crippen LogP contribution >= 0.6 is 0 Å². The lowest BCUT2D eigenvalue weighted by Crippen LogP contribution is -2.18. The Morgan fingerprint density at radius 3 is 1.43 bits per heavy atom. The zero-order valence-corrected chi connectivity index (χ0v) is 39.4. The van der Waals surface area contributed by atoms with Gasteiger partial charge < -0.3 is 23.8 Å². The summed E-state index contributed by atoms with van der Waals surface area (Å²) in [5, 5.41) is 0. The van der Waals surface area contributed by atoms with Gasteiger partial charge in [-0.3, -0.25) is 28.8 Å². The summed E-state index contributed by atoms with van der Waals surface area (Å²) in [6, 6.07) is 10.0. The van der Waals surface area contributed by atoms with Crippen LogP contribution in [0.2, 0.25) is 0 Å². The molecule has 2 heterocycles. The van der Waals surface area contributed by atoms with E-state index in [1.165, 1.54) is 56.4 Å². The van der Waals surface area contributed by atoms with Gasteiger partial charge in [0.15, 0.2) is 17.3 Å². The van der Waals surface area contributed by atoms with Crippen LogP contribution in [0.25, 0.3) is 12.3 Å². The molecule has 1 aromatic carbocycles. The minimum absolute atomic E-state index is 0.0185. The highest BCUT2D eigenvalue weighted by Crippen LogP contribution is 2.08. The molecule has 2 aromatic rings. The molecule has 0 aliphatic carbocycles. The fourth-order valence-electron chi connectivity index (χ4n) is 2.39. The number of benzene rings is 1. The van der Waals surface area contributed by atoms with E-state index in [1.54, 1.807) is 61.5 Å². The number of hydrogen-bond acceptors (Lipinski definition) is 10. The number of likely N-dealkylation sites (N-methyl/N-ethyl adjacent to an activating group) is 1. The summed E-state index contributed by atoms with van der Waals surface area (Å²) in [4.78, 5) is 77.3. The first-order chi connectivity index (χ1) is 29.6. The molecule has 348 valence electrons. The normalized spacial score (nSPS) is 9.03. The Bertz CT molecular complexity index is 1630. The summed E-state index contributed by atoms with van der Waals surface area (Å²) in [6.45, 7) is 46.2. The van der Waals surface area contributed by atoms with Crippen LogP contribution in [0.4, 0.5) is 0 Å². The highest BCUT2D eigenvalue weighted by Gasteiger charge is 2.16. The average Bonchev–Trinajstić information content (AvgIpc) is 3.96. The first-order valence-corrected chi connectivity index (χ1v) is 19.2. The lowest BCUT2D eigenvalue weighted by molar-refractivity contribution is -0.138. The van der Waals surface area contributed by atoms with Crippen molar-refractivity contribution in [3.8, 4) is 0 Å². The third-order valence-corrected chi connectivity index (χ3v) is 5.76. The zero-order valence-electron chi connectivity index (χ0n) is 39.4. The van der Waals surface area contributed by atoms with E-state index in [2.05, 4.69) is 80.2 Å². The van der Waals surface area contributed by atoms with Crippen LogP contribution in [-0.2, 0) is 43.0 Å². The van der Waals surface area contributed by atoms with Gasteiger partial charge in [-0.2, -0.15) is 0 Å². The standard InChI is InChI=1S/C8H8.C6H9NO.C6H10O2.C5H6N2.C5H9NO.C5H8O.C4H6O2.2C4H6O.C3H6/c1-2-8-6-4-3-5-7-8;1-2-7-5-3-4-6(7)8;1-3-5-8-6(7)4-2;1-2-7-4-3-6-5-7;1-4-5(7)6(2)3;1-4(2)5(3)6;1-3-6-4(2)5;2*1-3-4(2)5;1-3-2/h2-7H,1H2;2H,1,3-5H2;4H,2-3,5H2,1H3;2-5H,1H2;4H,1H2,2-3H3;1H2,2-3H3;3H,1H2,2H3;2*3H,1H2,2H3;3H,1H2,2H3. The first kappa shape index (κ1) is 70.3. The fourth-order valence-corrected chi connectivity index (χ4v) is 2.39. The van der Waals surface area contributed by atoms with Crippen LogP contribution in [0.15, 0.2) is 163 Å². The van der Waals surface area contributed by atoms with E-state index in [4.69, 9.17) is 0 Å². The summed E-state index contributed by atoms with van der Waals surface area (Å²) in [7, 11) is 3.37. The number of imidazole rings is 1. The highest BCUT2D eigenvalue weighted by molar-refractivity contribution is 5.91. The Morgan fingerprint density at radius 1 is 0.794 bits per heavy atom. The highest BCUT2D eigenvalue weighted by atomic mass is 16.5. The van der Waals surface area contributed by atoms with Crippen molar-refractivity contribution in [2.24, 2.45) is 0 Å². The van der Waals surface area contributed by atoms with Crippen molar-refractivity contribution < 1.29 is 43.0 Å². The Labute approximate surface area is 378 Å². The van der Waals surface area contributed by atoms with Gasteiger partial charge in [0, 0.05) is 58.7 Å². The number of hydrogen-bond donors (Lipinski definition) is 0. The predicted octanol–water partition coefficient (Wildman–Crippen LogP) is 10.0. The lowest BCUT2D eigenvalue weighted by atomic mass is 10.2. The van der Waals surface area contributed by atoms with Gasteiger partial charge in [0.2, 0.25) is 11.8 Å². The van der Waals surface area contributed by atoms with E-state index in [0.717, 1.165) is 31.7 Å². The molecule has 1 aromatic heterocycles. The van der Waals surface area contributed by atoms with Crippen LogP contribution in [0.1, 0.15) is 73.3 Å². The molecule has 0 spiro atoms. The second-order valence-electron chi connectivity index (χ2n) is 11.6. The van der Waals surface area contributed by atoms with Crippen LogP contribution in [-0.4, -0.2) is 87.7 Å². The van der Waals surface area contributed by atoms with Gasteiger partial charge in [-0.05, 0) is 83.0 Å². The van der Waals surface area contributed by atoms with Gasteiger partial charge in [0.1, 0.15) is 0 Å². The number of amides is 2. The molecule has 1 aliphatic rings. The van der Waals surface area contributed by atoms with Crippen molar-refractivity contribution in [1.82, 2.24) is 19.4 Å². The summed E-state index contributed by atoms with van der Waals surface area (Å²) in [5.74, 6) is -0.415. The fraction of sp³-hybridized carbons (Fsp3) is 0.280. The van der Waals surface area contributed by atoms with Crippen molar-refractivity contribution in [2.45, 2.75) is 67.7 Å². The Hall–Kier alpha value is -7.28. The van der Waals surface area contributed by atoms with Gasteiger partial charge in [-0.15, -0.1) is 6.58 Å². The number of likely N-dealkylation sites (tertiary alicyclic amines) is 1. The van der Waals surface area contributed by atoms with Crippen molar-refractivity contribution in [3.63, 3.8) is 0 Å². The molecule has 0 radical (unpaired) electrons. The van der Waals surface area contributed by atoms with Crippen molar-refractivity contribution >= 4 is 53.4 Å². The van der Waals surface area contributed by atoms with Crippen molar-refractivity contribution in [3.05, 3.63) is 169 Å². The lowest BCUT2D eigenvalue weighted by Gasteiger charge is -2.05. The number of ether oxygens (including phenoxy) is 2. The molecule has 0 saturated carbocycles. The minimum Gasteiger partial charge on any atom is -0.463 e. The molecule has 2 amide bonds. The van der Waals surface area contributed by atoms with Gasteiger partial charge in [0.25, 0.3) is 0 Å². The van der Waals surface area contributed by atoms with Crippen molar-refractivity contribution in [2.75, 3.05) is 27.2 Å².